The second-order valence-corrected chi connectivity index (χ2v) is 5.73. The molecular weight excluding hydrogens is 296 g/mol. The number of halogens is 1. The van der Waals surface area contributed by atoms with Gasteiger partial charge in [0.25, 0.3) is 5.91 Å². The predicted octanol–water partition coefficient (Wildman–Crippen LogP) is 3.87. The molecule has 1 aliphatic heterocycles. The molecule has 0 unspecified atom stereocenters. The van der Waals surface area contributed by atoms with Gasteiger partial charge in [0.2, 0.25) is 0 Å². The minimum Gasteiger partial charge on any atom is -0.305 e. The number of aliphatic imine (C=N–C) groups is 1. The summed E-state index contributed by atoms with van der Waals surface area (Å²) in [4.78, 5) is 16.5. The number of nitrogens with zero attached hydrogens (tertiary/aromatic N) is 1. The Labute approximate surface area is 134 Å². The number of hydrogen-bond donors (Lipinski definition) is 1. The minimum absolute atomic E-state index is 0.192. The van der Waals surface area contributed by atoms with Crippen LogP contribution in [0.4, 0.5) is 0 Å². The van der Waals surface area contributed by atoms with E-state index in [1.165, 1.54) is 11.1 Å². The molecule has 0 saturated heterocycles. The van der Waals surface area contributed by atoms with Crippen molar-refractivity contribution in [3.05, 3.63) is 75.4 Å². The third kappa shape index (κ3) is 2.95. The fourth-order valence-corrected chi connectivity index (χ4v) is 2.34. The quantitative estimate of drug-likeness (QED) is 0.840. The van der Waals surface area contributed by atoms with Gasteiger partial charge in [-0.2, -0.15) is 0 Å². The van der Waals surface area contributed by atoms with Crippen molar-refractivity contribution in [3.8, 4) is 0 Å². The largest absolute Gasteiger partial charge is 0.305 e. The lowest BCUT2D eigenvalue weighted by molar-refractivity contribution is -0.115. The van der Waals surface area contributed by atoms with Crippen LogP contribution < -0.4 is 5.32 Å². The van der Waals surface area contributed by atoms with Gasteiger partial charge in [0.15, 0.2) is 0 Å². The highest BCUT2D eigenvalue weighted by molar-refractivity contribution is 6.30. The highest BCUT2D eigenvalue weighted by atomic mass is 35.5. The molecule has 1 heterocycles. The topological polar surface area (TPSA) is 41.5 Å². The Bertz CT molecular complexity index is 804. The molecule has 3 nitrogen and oxygen atoms in total. The predicted molar refractivity (Wildman–Crippen MR) is 90.0 cm³/mol. The third-order valence-corrected chi connectivity index (χ3v) is 3.90. The lowest BCUT2D eigenvalue weighted by Crippen LogP contribution is -2.24. The van der Waals surface area contributed by atoms with E-state index in [1.807, 2.05) is 37.3 Å². The summed E-state index contributed by atoms with van der Waals surface area (Å²) in [6.45, 7) is 4.10. The van der Waals surface area contributed by atoms with Gasteiger partial charge in [0, 0.05) is 10.6 Å². The summed E-state index contributed by atoms with van der Waals surface area (Å²) >= 11 is 5.86. The summed E-state index contributed by atoms with van der Waals surface area (Å²) in [5.74, 6) is 0.400. The number of carbonyl (C=O) groups excluding carboxylic acids is 1. The Morgan fingerprint density at radius 2 is 1.77 bits per heavy atom. The maximum atomic E-state index is 12.1. The number of nitrogens with one attached hydrogen (secondary N) is 1. The second-order valence-electron chi connectivity index (χ2n) is 5.29. The van der Waals surface area contributed by atoms with Crippen LogP contribution in [0.25, 0.3) is 6.08 Å². The van der Waals surface area contributed by atoms with Crippen LogP contribution >= 0.6 is 11.6 Å². The SMILES string of the molecule is Cc1ccc(C2=N/C(=C/c3ccc(Cl)cc3)C(=O)N2)cc1C. The van der Waals surface area contributed by atoms with Crippen LogP contribution in [0.3, 0.4) is 0 Å². The Morgan fingerprint density at radius 3 is 2.45 bits per heavy atom. The van der Waals surface area contributed by atoms with Gasteiger partial charge < -0.3 is 5.32 Å². The van der Waals surface area contributed by atoms with E-state index >= 15 is 0 Å². The zero-order chi connectivity index (χ0) is 15.7. The molecule has 1 aliphatic rings. The summed E-state index contributed by atoms with van der Waals surface area (Å²) in [6, 6.07) is 13.3. The second kappa shape index (κ2) is 5.78. The number of aryl methyl sites for hydroxylation is 2. The molecule has 3 rings (SSSR count). The first kappa shape index (κ1) is 14.5. The molecule has 0 fully saturated rings. The first-order valence-corrected chi connectivity index (χ1v) is 7.36. The van der Waals surface area contributed by atoms with Crippen molar-refractivity contribution < 1.29 is 4.79 Å². The fourth-order valence-electron chi connectivity index (χ4n) is 2.21. The molecule has 0 saturated carbocycles. The maximum absolute atomic E-state index is 12.1. The van der Waals surface area contributed by atoms with Gasteiger partial charge in [-0.1, -0.05) is 35.9 Å². The molecule has 0 bridgehead atoms. The van der Waals surface area contributed by atoms with Gasteiger partial charge in [-0.25, -0.2) is 4.99 Å². The van der Waals surface area contributed by atoms with Gasteiger partial charge in [0.05, 0.1) is 0 Å². The molecule has 1 amide bonds. The summed E-state index contributed by atoms with van der Waals surface area (Å²) in [5, 5.41) is 3.48. The number of rotatable bonds is 2. The monoisotopic (exact) mass is 310 g/mol. The van der Waals surface area contributed by atoms with Crippen molar-refractivity contribution >= 4 is 29.4 Å². The van der Waals surface area contributed by atoms with E-state index in [4.69, 9.17) is 11.6 Å². The van der Waals surface area contributed by atoms with Crippen molar-refractivity contribution in [1.82, 2.24) is 5.32 Å². The zero-order valence-electron chi connectivity index (χ0n) is 12.4. The number of amidine groups is 1. The van der Waals surface area contributed by atoms with Crippen molar-refractivity contribution in [2.75, 3.05) is 0 Å². The molecule has 0 radical (unpaired) electrons. The summed E-state index contributed by atoms with van der Waals surface area (Å²) in [5.41, 5.74) is 4.58. The lowest BCUT2D eigenvalue weighted by Gasteiger charge is -2.04. The van der Waals surface area contributed by atoms with Crippen molar-refractivity contribution in [2.45, 2.75) is 13.8 Å². The van der Waals surface area contributed by atoms with E-state index in [9.17, 15) is 4.79 Å². The van der Waals surface area contributed by atoms with Gasteiger partial charge >= 0.3 is 0 Å². The van der Waals surface area contributed by atoms with Gasteiger partial charge in [-0.05, 0) is 54.8 Å². The van der Waals surface area contributed by atoms with E-state index < -0.39 is 0 Å². The first-order chi connectivity index (χ1) is 10.5. The lowest BCUT2D eigenvalue weighted by atomic mass is 10.1. The Kier molecular flexibility index (Phi) is 3.82. The number of hydrogen-bond acceptors (Lipinski definition) is 2. The number of benzene rings is 2. The average Bonchev–Trinajstić information content (AvgIpc) is 2.85. The van der Waals surface area contributed by atoms with E-state index in [0.29, 0.717) is 16.6 Å². The van der Waals surface area contributed by atoms with E-state index in [-0.39, 0.29) is 5.91 Å². The molecule has 1 N–H and O–H groups in total. The van der Waals surface area contributed by atoms with Crippen LogP contribution in [0.2, 0.25) is 5.02 Å². The molecule has 2 aromatic rings. The fraction of sp³-hybridized carbons (Fsp3) is 0.111. The van der Waals surface area contributed by atoms with Gasteiger partial charge in [-0.15, -0.1) is 0 Å². The molecule has 4 heteroatoms. The van der Waals surface area contributed by atoms with E-state index in [2.05, 4.69) is 17.2 Å². The molecule has 22 heavy (non-hydrogen) atoms. The van der Waals surface area contributed by atoms with Crippen LogP contribution in [-0.4, -0.2) is 11.7 Å². The molecule has 110 valence electrons. The molecule has 0 aromatic heterocycles. The average molecular weight is 311 g/mol. The third-order valence-electron chi connectivity index (χ3n) is 3.65. The highest BCUT2D eigenvalue weighted by Gasteiger charge is 2.21. The van der Waals surface area contributed by atoms with Crippen LogP contribution in [0.1, 0.15) is 22.3 Å². The Balaban J connectivity index is 1.94. The standard InChI is InChI=1S/C18H15ClN2O/c1-11-3-6-14(9-12(11)2)17-20-16(18(22)21-17)10-13-4-7-15(19)8-5-13/h3-10H,1-2H3,(H,20,21,22)/b16-10+. The molecule has 0 aliphatic carbocycles. The van der Waals surface area contributed by atoms with Crippen molar-refractivity contribution in [1.29, 1.82) is 0 Å². The highest BCUT2D eigenvalue weighted by Crippen LogP contribution is 2.18. The molecule has 2 aromatic carbocycles. The minimum atomic E-state index is -0.192. The first-order valence-electron chi connectivity index (χ1n) is 6.98. The van der Waals surface area contributed by atoms with E-state index in [0.717, 1.165) is 11.1 Å². The number of carbonyl (C=O) groups is 1. The smallest absolute Gasteiger partial charge is 0.275 e. The molecule has 0 spiro atoms. The van der Waals surface area contributed by atoms with Gasteiger partial charge in [-0.3, -0.25) is 4.79 Å². The van der Waals surface area contributed by atoms with Crippen LogP contribution in [0, 0.1) is 13.8 Å². The molecule has 0 atom stereocenters. The Morgan fingerprint density at radius 1 is 1.05 bits per heavy atom. The van der Waals surface area contributed by atoms with Gasteiger partial charge in [0.1, 0.15) is 11.5 Å². The molecular formula is C18H15ClN2O. The van der Waals surface area contributed by atoms with Crippen molar-refractivity contribution in [3.63, 3.8) is 0 Å². The summed E-state index contributed by atoms with van der Waals surface area (Å²) in [6.07, 6.45) is 1.75. The maximum Gasteiger partial charge on any atom is 0.275 e. The van der Waals surface area contributed by atoms with Crippen molar-refractivity contribution in [2.24, 2.45) is 4.99 Å². The summed E-state index contributed by atoms with van der Waals surface area (Å²) < 4.78 is 0. The van der Waals surface area contributed by atoms with Crippen LogP contribution in [0.15, 0.2) is 53.2 Å². The normalized spacial score (nSPS) is 15.9. The van der Waals surface area contributed by atoms with Crippen LogP contribution in [-0.2, 0) is 4.79 Å². The number of amides is 1. The van der Waals surface area contributed by atoms with Crippen LogP contribution in [0.5, 0.6) is 0 Å². The summed E-state index contributed by atoms with van der Waals surface area (Å²) in [7, 11) is 0. The zero-order valence-corrected chi connectivity index (χ0v) is 13.1. The van der Waals surface area contributed by atoms with E-state index in [1.54, 1.807) is 18.2 Å². The Hall–Kier alpha value is -2.39.